The summed E-state index contributed by atoms with van der Waals surface area (Å²) in [6.45, 7) is 0. The maximum atomic E-state index is 15.3. The van der Waals surface area contributed by atoms with E-state index in [-0.39, 0.29) is 16.6 Å². The van der Waals surface area contributed by atoms with Gasteiger partial charge in [0, 0.05) is 35.1 Å². The molecule has 4 aromatic rings. The fraction of sp³-hybridized carbons (Fsp3) is 0.190. The molecule has 3 aromatic heterocycles. The lowest BCUT2D eigenvalue weighted by atomic mass is 10.2. The van der Waals surface area contributed by atoms with E-state index in [2.05, 4.69) is 10.1 Å². The molecule has 30 heavy (non-hydrogen) atoms. The smallest absolute Gasteiger partial charge is 0.354 e. The number of hydrogen-bond acceptors (Lipinski definition) is 4. The van der Waals surface area contributed by atoms with Crippen molar-refractivity contribution in [3.8, 4) is 5.69 Å². The van der Waals surface area contributed by atoms with Crippen LogP contribution in [0.3, 0.4) is 0 Å². The number of carbonyl (C=O) groups is 1. The van der Waals surface area contributed by atoms with Gasteiger partial charge < -0.3 is 9.67 Å². The van der Waals surface area contributed by atoms with Gasteiger partial charge >= 0.3 is 5.97 Å². The van der Waals surface area contributed by atoms with E-state index in [0.29, 0.717) is 10.5 Å². The molecule has 0 radical (unpaired) electrons. The number of aryl methyl sites for hydroxylation is 1. The predicted molar refractivity (Wildman–Crippen MR) is 112 cm³/mol. The molecule has 1 aliphatic rings. The molecule has 0 aliphatic heterocycles. The molecule has 1 fully saturated rings. The average molecular weight is 443 g/mol. The maximum Gasteiger partial charge on any atom is 0.354 e. The number of carboxylic acids is 1. The lowest BCUT2D eigenvalue weighted by Crippen LogP contribution is -2.01. The van der Waals surface area contributed by atoms with Crippen LogP contribution in [0.1, 0.15) is 34.9 Å². The Morgan fingerprint density at radius 2 is 2.10 bits per heavy atom. The van der Waals surface area contributed by atoms with Gasteiger partial charge in [0.25, 0.3) is 0 Å². The Labute approximate surface area is 180 Å². The number of carboxylic acid groups (broad SMARTS) is 1. The van der Waals surface area contributed by atoms with Gasteiger partial charge in [0.2, 0.25) is 0 Å². The third kappa shape index (κ3) is 3.16. The van der Waals surface area contributed by atoms with Crippen LogP contribution < -0.4 is 0 Å². The minimum absolute atomic E-state index is 0.0294. The molecule has 0 bridgehead atoms. The van der Waals surface area contributed by atoms with E-state index in [1.807, 2.05) is 23.9 Å². The van der Waals surface area contributed by atoms with E-state index in [0.717, 1.165) is 34.5 Å². The Kier molecular flexibility index (Phi) is 4.56. The van der Waals surface area contributed by atoms with Crippen molar-refractivity contribution in [1.82, 2.24) is 19.3 Å². The molecule has 0 spiro atoms. The number of aromatic carboxylic acids is 1. The first-order valence-electron chi connectivity index (χ1n) is 9.33. The highest BCUT2D eigenvalue weighted by Gasteiger charge is 2.34. The number of benzene rings is 1. The zero-order valence-corrected chi connectivity index (χ0v) is 17.4. The minimum atomic E-state index is -1.09. The summed E-state index contributed by atoms with van der Waals surface area (Å²) in [7, 11) is 1.81. The monoisotopic (exact) mass is 442 g/mol. The number of pyridine rings is 1. The summed E-state index contributed by atoms with van der Waals surface area (Å²) in [5.41, 5.74) is 2.10. The van der Waals surface area contributed by atoms with Crippen LogP contribution in [0.15, 0.2) is 52.6 Å². The molecule has 1 aliphatic carbocycles. The Morgan fingerprint density at radius 3 is 2.77 bits per heavy atom. The van der Waals surface area contributed by atoms with Gasteiger partial charge in [-0.25, -0.2) is 14.2 Å². The molecule has 0 unspecified atom stereocenters. The van der Waals surface area contributed by atoms with Gasteiger partial charge in [-0.2, -0.15) is 5.10 Å². The maximum absolute atomic E-state index is 15.3. The van der Waals surface area contributed by atoms with E-state index >= 15 is 4.39 Å². The van der Waals surface area contributed by atoms with Crippen LogP contribution in [0.25, 0.3) is 16.6 Å². The van der Waals surface area contributed by atoms with E-state index < -0.39 is 11.8 Å². The number of aromatic nitrogens is 4. The van der Waals surface area contributed by atoms with Crippen LogP contribution >= 0.6 is 23.4 Å². The Hall–Kier alpha value is -2.84. The zero-order valence-electron chi connectivity index (χ0n) is 15.8. The summed E-state index contributed by atoms with van der Waals surface area (Å²) in [6.07, 6.45) is 5.54. The molecule has 1 N–H and O–H groups in total. The Morgan fingerprint density at radius 1 is 1.30 bits per heavy atom. The summed E-state index contributed by atoms with van der Waals surface area (Å²) in [6, 6.07) is 8.23. The topological polar surface area (TPSA) is 72.9 Å². The van der Waals surface area contributed by atoms with Gasteiger partial charge in [-0.3, -0.25) is 4.68 Å². The normalized spacial score (nSPS) is 13.8. The molecule has 9 heteroatoms. The summed E-state index contributed by atoms with van der Waals surface area (Å²) in [5, 5.41) is 14.8. The van der Waals surface area contributed by atoms with E-state index in [1.165, 1.54) is 17.8 Å². The fourth-order valence-corrected chi connectivity index (χ4v) is 4.91. The van der Waals surface area contributed by atoms with E-state index in [4.69, 9.17) is 11.6 Å². The van der Waals surface area contributed by atoms with Crippen molar-refractivity contribution in [2.75, 3.05) is 0 Å². The van der Waals surface area contributed by atoms with Crippen LogP contribution in [0.4, 0.5) is 4.39 Å². The predicted octanol–water partition coefficient (Wildman–Crippen LogP) is 5.28. The van der Waals surface area contributed by atoms with Crippen molar-refractivity contribution in [3.05, 3.63) is 65.0 Å². The largest absolute Gasteiger partial charge is 0.477 e. The van der Waals surface area contributed by atoms with Gasteiger partial charge in [0.1, 0.15) is 10.7 Å². The molecule has 1 saturated carbocycles. The highest BCUT2D eigenvalue weighted by atomic mass is 35.5. The molecule has 0 atom stereocenters. The zero-order chi connectivity index (χ0) is 21.0. The van der Waals surface area contributed by atoms with E-state index in [1.54, 1.807) is 29.1 Å². The number of fused-ring (bicyclic) bond motifs is 1. The summed E-state index contributed by atoms with van der Waals surface area (Å²) in [5.74, 6) is -1.30. The lowest BCUT2D eigenvalue weighted by molar-refractivity contribution is 0.0689. The molecule has 6 nitrogen and oxygen atoms in total. The fourth-order valence-electron chi connectivity index (χ4n) is 3.62. The second-order valence-corrected chi connectivity index (χ2v) is 8.66. The van der Waals surface area contributed by atoms with Gasteiger partial charge in [-0.05, 0) is 37.1 Å². The van der Waals surface area contributed by atoms with Gasteiger partial charge in [-0.1, -0.05) is 29.4 Å². The van der Waals surface area contributed by atoms with Crippen molar-refractivity contribution in [3.63, 3.8) is 0 Å². The van der Waals surface area contributed by atoms with Crippen molar-refractivity contribution < 1.29 is 14.3 Å². The lowest BCUT2D eigenvalue weighted by Gasteiger charge is -2.10. The molecule has 0 saturated heterocycles. The molecule has 152 valence electrons. The Bertz CT molecular complexity index is 1310. The standard InChI is InChI=1S/C21H16ClFN4O2S/c1-26-10-12(9-24-26)27-18(11-5-6-11)20(13-7-8-14(22)17(23)19(13)27)30-16-4-2-3-15(25-16)21(28)29/h2-4,7-11H,5-6H2,1H3,(H,28,29). The molecule has 3 heterocycles. The van der Waals surface area contributed by atoms with Crippen LogP contribution in [-0.4, -0.2) is 30.4 Å². The van der Waals surface area contributed by atoms with E-state index in [9.17, 15) is 9.90 Å². The van der Waals surface area contributed by atoms with Crippen LogP contribution in [0.5, 0.6) is 0 Å². The number of halogens is 2. The summed E-state index contributed by atoms with van der Waals surface area (Å²) >= 11 is 7.48. The average Bonchev–Trinajstić information content (AvgIpc) is 3.39. The molecule has 0 amide bonds. The third-order valence-electron chi connectivity index (χ3n) is 5.07. The van der Waals surface area contributed by atoms with Gasteiger partial charge in [0.05, 0.1) is 22.4 Å². The van der Waals surface area contributed by atoms with Crippen LogP contribution in [0, 0.1) is 5.82 Å². The quantitative estimate of drug-likeness (QED) is 0.455. The number of rotatable bonds is 5. The third-order valence-corrected chi connectivity index (χ3v) is 6.44. The van der Waals surface area contributed by atoms with Gasteiger partial charge in [-0.15, -0.1) is 0 Å². The summed E-state index contributed by atoms with van der Waals surface area (Å²) in [4.78, 5) is 16.4. The van der Waals surface area contributed by atoms with Crippen LogP contribution in [-0.2, 0) is 7.05 Å². The minimum Gasteiger partial charge on any atom is -0.477 e. The molecular formula is C21H16ClFN4O2S. The highest BCUT2D eigenvalue weighted by Crippen LogP contribution is 2.51. The number of nitrogens with zero attached hydrogens (tertiary/aromatic N) is 4. The van der Waals surface area contributed by atoms with Crippen molar-refractivity contribution in [2.24, 2.45) is 7.05 Å². The molecular weight excluding hydrogens is 427 g/mol. The number of hydrogen-bond donors (Lipinski definition) is 1. The van der Waals surface area contributed by atoms with Crippen LogP contribution in [0.2, 0.25) is 5.02 Å². The van der Waals surface area contributed by atoms with Gasteiger partial charge in [0.15, 0.2) is 5.82 Å². The molecule has 1 aromatic carbocycles. The van der Waals surface area contributed by atoms with Crippen molar-refractivity contribution >= 4 is 40.2 Å². The first-order valence-corrected chi connectivity index (χ1v) is 10.5. The molecule has 5 rings (SSSR count). The second kappa shape index (κ2) is 7.14. The van der Waals surface area contributed by atoms with Crippen molar-refractivity contribution in [1.29, 1.82) is 0 Å². The highest BCUT2D eigenvalue weighted by molar-refractivity contribution is 7.99. The Balaban J connectivity index is 1.78. The first-order chi connectivity index (χ1) is 14.4. The van der Waals surface area contributed by atoms with Crippen molar-refractivity contribution in [2.45, 2.75) is 28.7 Å². The second-order valence-electron chi connectivity index (χ2n) is 7.22. The first kappa shape index (κ1) is 19.1. The SMILES string of the molecule is Cn1cc(-n2c(C3CC3)c(Sc3cccc(C(=O)O)n3)c3ccc(Cl)c(F)c32)cn1. The summed E-state index contributed by atoms with van der Waals surface area (Å²) < 4.78 is 18.8.